The van der Waals surface area contributed by atoms with E-state index in [0.717, 1.165) is 55.9 Å². The van der Waals surface area contributed by atoms with Gasteiger partial charge in [0.25, 0.3) is 0 Å². The fraction of sp³-hybridized carbons (Fsp3) is 0.0185. The Hall–Kier alpha value is -7.69. The lowest BCUT2D eigenvalue weighted by atomic mass is 9.67. The molecule has 0 saturated carbocycles. The lowest BCUT2D eigenvalue weighted by Crippen LogP contribution is -2.28. The summed E-state index contributed by atoms with van der Waals surface area (Å²) in [6.45, 7) is 0. The van der Waals surface area contributed by atoms with Crippen LogP contribution in [0.2, 0.25) is 0 Å². The third-order valence-corrected chi connectivity index (χ3v) is 11.4. The summed E-state index contributed by atoms with van der Waals surface area (Å²) < 4.78 is 6.48. The summed E-state index contributed by atoms with van der Waals surface area (Å²) in [6, 6.07) is 74.5. The Morgan fingerprint density at radius 2 is 0.879 bits per heavy atom. The Kier molecular flexibility index (Phi) is 8.00. The van der Waals surface area contributed by atoms with E-state index in [-0.39, 0.29) is 0 Å². The first-order valence-corrected chi connectivity index (χ1v) is 19.6. The smallest absolute Gasteiger partial charge is 0.227 e. The van der Waals surface area contributed by atoms with Crippen molar-refractivity contribution in [2.24, 2.45) is 0 Å². The Labute approximate surface area is 336 Å². The number of fused-ring (bicyclic) bond motifs is 4. The van der Waals surface area contributed by atoms with E-state index >= 15 is 0 Å². The first kappa shape index (κ1) is 33.6. The quantitative estimate of drug-likeness (QED) is 0.163. The largest absolute Gasteiger partial charge is 0.436 e. The molecule has 0 N–H and O–H groups in total. The van der Waals surface area contributed by atoms with Crippen LogP contribution >= 0.6 is 0 Å². The number of benzene rings is 8. The van der Waals surface area contributed by atoms with E-state index in [4.69, 9.17) is 19.4 Å². The van der Waals surface area contributed by atoms with Gasteiger partial charge in [-0.1, -0.05) is 176 Å². The van der Waals surface area contributed by atoms with Gasteiger partial charge in [0.1, 0.15) is 5.52 Å². The lowest BCUT2D eigenvalue weighted by Gasteiger charge is -2.33. The number of oxazole rings is 1. The van der Waals surface area contributed by atoms with Gasteiger partial charge in [0, 0.05) is 22.3 Å². The molecule has 1 atom stereocenters. The molecule has 0 aliphatic heterocycles. The van der Waals surface area contributed by atoms with Crippen LogP contribution in [0.4, 0.5) is 0 Å². The highest BCUT2D eigenvalue weighted by atomic mass is 16.3. The third-order valence-electron chi connectivity index (χ3n) is 11.4. The molecule has 1 unspecified atom stereocenters. The number of hydrogen-bond acceptors (Lipinski definition) is 4. The minimum Gasteiger partial charge on any atom is -0.436 e. The zero-order valence-electron chi connectivity index (χ0n) is 31.5. The molecule has 0 amide bonds. The minimum absolute atomic E-state index is 0.613. The Morgan fingerprint density at radius 1 is 0.345 bits per heavy atom. The van der Waals surface area contributed by atoms with Crippen LogP contribution in [0.25, 0.3) is 78.7 Å². The van der Waals surface area contributed by atoms with Crippen LogP contribution in [-0.4, -0.2) is 15.0 Å². The zero-order chi connectivity index (χ0) is 38.5. The molecular formula is C54H35N3O. The van der Waals surface area contributed by atoms with E-state index in [1.807, 2.05) is 42.5 Å². The zero-order valence-corrected chi connectivity index (χ0v) is 31.5. The van der Waals surface area contributed by atoms with Crippen molar-refractivity contribution < 1.29 is 4.42 Å². The summed E-state index contributed by atoms with van der Waals surface area (Å²) in [5.74, 6) is 1.29. The first-order valence-electron chi connectivity index (χ1n) is 19.6. The van der Waals surface area contributed by atoms with Crippen molar-refractivity contribution in [1.82, 2.24) is 15.0 Å². The maximum Gasteiger partial charge on any atom is 0.227 e. The molecule has 0 saturated heterocycles. The van der Waals surface area contributed by atoms with Crippen molar-refractivity contribution in [2.75, 3.05) is 0 Å². The van der Waals surface area contributed by atoms with E-state index in [1.54, 1.807) is 0 Å². The predicted molar refractivity (Wildman–Crippen MR) is 234 cm³/mol. The van der Waals surface area contributed by atoms with Gasteiger partial charge in [-0.25, -0.2) is 15.0 Å². The van der Waals surface area contributed by atoms with Crippen LogP contribution in [0.5, 0.6) is 0 Å². The summed E-state index contributed by atoms with van der Waals surface area (Å²) in [4.78, 5) is 15.4. The standard InChI is InChI=1S/C54H35N3O/c1-5-15-36(16-6-1)37-25-27-39(28-26-37)50-35-49(38-17-7-2-8-18-38)55-52(56-50)41-29-31-47-45(33-41)44-23-13-14-24-46(44)54(47,42-21-11-4-12-22-42)43-30-32-48-51(34-43)58-53(57-48)40-19-9-3-10-20-40/h1-35H. The van der Waals surface area contributed by atoms with Gasteiger partial charge in [-0.2, -0.15) is 0 Å². The van der Waals surface area contributed by atoms with E-state index in [0.29, 0.717) is 11.7 Å². The highest BCUT2D eigenvalue weighted by Crippen LogP contribution is 2.57. The normalized spacial score (nSPS) is 14.3. The Bertz CT molecular complexity index is 3090. The second kappa shape index (κ2) is 13.8. The van der Waals surface area contributed by atoms with Gasteiger partial charge < -0.3 is 4.42 Å². The van der Waals surface area contributed by atoms with Gasteiger partial charge in [0.05, 0.1) is 16.8 Å². The average molecular weight is 742 g/mol. The molecule has 11 rings (SSSR count). The molecule has 0 fully saturated rings. The summed E-state index contributed by atoms with van der Waals surface area (Å²) in [6.07, 6.45) is 0. The molecule has 0 spiro atoms. The van der Waals surface area contributed by atoms with Crippen LogP contribution in [0.1, 0.15) is 22.3 Å². The first-order chi connectivity index (χ1) is 28.7. The second-order valence-electron chi connectivity index (χ2n) is 14.8. The van der Waals surface area contributed by atoms with Crippen molar-refractivity contribution in [1.29, 1.82) is 0 Å². The highest BCUT2D eigenvalue weighted by Gasteiger charge is 2.46. The molecule has 2 heterocycles. The van der Waals surface area contributed by atoms with Crippen LogP contribution in [-0.2, 0) is 5.41 Å². The molecule has 58 heavy (non-hydrogen) atoms. The van der Waals surface area contributed by atoms with Gasteiger partial charge in [-0.15, -0.1) is 0 Å². The molecule has 4 heteroatoms. The number of aromatic nitrogens is 3. The molecule has 0 radical (unpaired) electrons. The van der Waals surface area contributed by atoms with Crippen molar-refractivity contribution >= 4 is 11.1 Å². The predicted octanol–water partition coefficient (Wildman–Crippen LogP) is 13.3. The number of rotatable bonds is 7. The van der Waals surface area contributed by atoms with Gasteiger partial charge in [0.15, 0.2) is 11.4 Å². The number of hydrogen-bond donors (Lipinski definition) is 0. The molecule has 1 aliphatic carbocycles. The maximum absolute atomic E-state index is 6.48. The molecule has 0 bridgehead atoms. The van der Waals surface area contributed by atoms with E-state index in [2.05, 4.69) is 170 Å². The molecule has 8 aromatic carbocycles. The Morgan fingerprint density at radius 3 is 1.59 bits per heavy atom. The van der Waals surface area contributed by atoms with Crippen LogP contribution < -0.4 is 0 Å². The summed E-state index contributed by atoms with van der Waals surface area (Å²) in [5.41, 5.74) is 16.1. The second-order valence-corrected chi connectivity index (χ2v) is 14.8. The fourth-order valence-electron chi connectivity index (χ4n) is 8.71. The van der Waals surface area contributed by atoms with Gasteiger partial charge in [0.2, 0.25) is 5.89 Å². The monoisotopic (exact) mass is 741 g/mol. The van der Waals surface area contributed by atoms with Crippen molar-refractivity contribution in [2.45, 2.75) is 5.41 Å². The third kappa shape index (κ3) is 5.57. The molecule has 1 aliphatic rings. The highest BCUT2D eigenvalue weighted by molar-refractivity contribution is 5.90. The maximum atomic E-state index is 6.48. The Balaban J connectivity index is 1.09. The van der Waals surface area contributed by atoms with E-state index in [1.165, 1.54) is 33.4 Å². The summed E-state index contributed by atoms with van der Waals surface area (Å²) >= 11 is 0. The summed E-state index contributed by atoms with van der Waals surface area (Å²) in [7, 11) is 0. The van der Waals surface area contributed by atoms with Gasteiger partial charge in [-0.05, 0) is 80.9 Å². The van der Waals surface area contributed by atoms with E-state index in [9.17, 15) is 0 Å². The molecular weight excluding hydrogens is 707 g/mol. The lowest BCUT2D eigenvalue weighted by molar-refractivity contribution is 0.618. The van der Waals surface area contributed by atoms with Gasteiger partial charge in [-0.3, -0.25) is 0 Å². The average Bonchev–Trinajstić information content (AvgIpc) is 3.87. The summed E-state index contributed by atoms with van der Waals surface area (Å²) in [5, 5.41) is 0. The van der Waals surface area contributed by atoms with Crippen molar-refractivity contribution in [3.05, 3.63) is 235 Å². The van der Waals surface area contributed by atoms with Crippen molar-refractivity contribution in [3.8, 4) is 67.6 Å². The fourth-order valence-corrected chi connectivity index (χ4v) is 8.71. The van der Waals surface area contributed by atoms with Crippen LogP contribution in [0.15, 0.2) is 217 Å². The van der Waals surface area contributed by atoms with Crippen LogP contribution in [0.3, 0.4) is 0 Å². The van der Waals surface area contributed by atoms with Crippen molar-refractivity contribution in [3.63, 3.8) is 0 Å². The molecule has 272 valence electrons. The molecule has 4 nitrogen and oxygen atoms in total. The molecule has 2 aromatic heterocycles. The number of nitrogens with zero attached hydrogens (tertiary/aromatic N) is 3. The van der Waals surface area contributed by atoms with Gasteiger partial charge >= 0.3 is 0 Å². The SMILES string of the molecule is c1ccc(-c2ccc(-c3cc(-c4ccccc4)nc(-c4ccc5c(c4)-c4ccccc4C5(c4ccccc4)c4ccc5nc(-c6ccccc6)oc5c4)n3)cc2)cc1. The molecule has 10 aromatic rings. The van der Waals surface area contributed by atoms with Crippen LogP contribution in [0, 0.1) is 0 Å². The van der Waals surface area contributed by atoms with E-state index < -0.39 is 5.41 Å². The minimum atomic E-state index is -0.613. The topological polar surface area (TPSA) is 51.8 Å².